The minimum Gasteiger partial charge on any atom is -0.481 e. The molecular formula is C15H17BrFNO6S. The minimum absolute atomic E-state index is 0.0511. The highest BCUT2D eigenvalue weighted by molar-refractivity contribution is 9.10. The molecule has 10 heteroatoms. The zero-order valence-corrected chi connectivity index (χ0v) is 15.8. The first-order chi connectivity index (χ1) is 11.7. The third kappa shape index (κ3) is 5.67. The maximum Gasteiger partial charge on any atom is 0.344 e. The number of esters is 1. The summed E-state index contributed by atoms with van der Waals surface area (Å²) in [6.07, 6.45) is 0.375. The zero-order chi connectivity index (χ0) is 18.6. The maximum atomic E-state index is 13.0. The summed E-state index contributed by atoms with van der Waals surface area (Å²) in [7, 11) is -1.62. The van der Waals surface area contributed by atoms with Gasteiger partial charge in [0.25, 0.3) is 5.91 Å². The van der Waals surface area contributed by atoms with E-state index in [1.807, 2.05) is 0 Å². The fraction of sp³-hybridized carbons (Fsp3) is 0.467. The van der Waals surface area contributed by atoms with Gasteiger partial charge in [-0.2, -0.15) is 0 Å². The van der Waals surface area contributed by atoms with E-state index in [0.717, 1.165) is 0 Å². The fourth-order valence-corrected chi connectivity index (χ4v) is 4.54. The van der Waals surface area contributed by atoms with Crippen molar-refractivity contribution in [2.45, 2.75) is 12.5 Å². The number of hydrogen-bond acceptors (Lipinski definition) is 6. The first-order valence-corrected chi connectivity index (χ1v) is 9.99. The molecule has 138 valence electrons. The highest BCUT2D eigenvalue weighted by Gasteiger charge is 2.32. The molecule has 2 rings (SSSR count). The molecule has 1 fully saturated rings. The SMILES string of the molecule is CN(C(=O)COC(=O)COc1ccc(F)cc1Br)C1CCS(=O)(=O)C1. The van der Waals surface area contributed by atoms with Crippen molar-refractivity contribution >= 4 is 37.6 Å². The summed E-state index contributed by atoms with van der Waals surface area (Å²) in [5.41, 5.74) is 0. The average Bonchev–Trinajstić information content (AvgIpc) is 2.91. The van der Waals surface area contributed by atoms with Crippen LogP contribution in [0.1, 0.15) is 6.42 Å². The molecule has 0 aliphatic carbocycles. The Bertz CT molecular complexity index is 769. The number of likely N-dealkylation sites (N-methyl/N-ethyl adjacent to an activating group) is 1. The van der Waals surface area contributed by atoms with Crippen molar-refractivity contribution in [2.24, 2.45) is 0 Å². The first kappa shape index (κ1) is 19.6. The lowest BCUT2D eigenvalue weighted by atomic mass is 10.2. The average molecular weight is 438 g/mol. The van der Waals surface area contributed by atoms with Crippen LogP contribution in [0.4, 0.5) is 4.39 Å². The third-order valence-electron chi connectivity index (χ3n) is 3.75. The molecule has 1 atom stereocenters. The molecule has 1 heterocycles. The van der Waals surface area contributed by atoms with E-state index in [0.29, 0.717) is 10.9 Å². The lowest BCUT2D eigenvalue weighted by Gasteiger charge is -2.23. The normalized spacial score (nSPS) is 18.6. The van der Waals surface area contributed by atoms with Gasteiger partial charge in [-0.3, -0.25) is 4.79 Å². The van der Waals surface area contributed by atoms with Gasteiger partial charge in [-0.1, -0.05) is 0 Å². The van der Waals surface area contributed by atoms with E-state index < -0.39 is 46.8 Å². The van der Waals surface area contributed by atoms with E-state index in [2.05, 4.69) is 15.9 Å². The molecular weight excluding hydrogens is 421 g/mol. The van der Waals surface area contributed by atoms with E-state index in [-0.39, 0.29) is 17.3 Å². The topological polar surface area (TPSA) is 90.0 Å². The summed E-state index contributed by atoms with van der Waals surface area (Å²) in [6, 6.07) is 3.32. The number of carbonyl (C=O) groups is 2. The van der Waals surface area contributed by atoms with E-state index in [9.17, 15) is 22.4 Å². The van der Waals surface area contributed by atoms with Crippen LogP contribution in [0.5, 0.6) is 5.75 Å². The number of sulfone groups is 1. The van der Waals surface area contributed by atoms with Crippen molar-refractivity contribution in [1.82, 2.24) is 4.90 Å². The molecule has 7 nitrogen and oxygen atoms in total. The molecule has 1 aromatic carbocycles. The summed E-state index contributed by atoms with van der Waals surface area (Å²) in [5, 5.41) is 0. The number of nitrogens with zero attached hydrogens (tertiary/aromatic N) is 1. The first-order valence-electron chi connectivity index (χ1n) is 7.37. The summed E-state index contributed by atoms with van der Waals surface area (Å²) in [6.45, 7) is -0.946. The number of amides is 1. The van der Waals surface area contributed by atoms with Crippen molar-refractivity contribution < 1.29 is 31.9 Å². The highest BCUT2D eigenvalue weighted by Crippen LogP contribution is 2.25. The van der Waals surface area contributed by atoms with E-state index in [4.69, 9.17) is 9.47 Å². The van der Waals surface area contributed by atoms with Crippen LogP contribution in [0.2, 0.25) is 0 Å². The number of hydrogen-bond donors (Lipinski definition) is 0. The van der Waals surface area contributed by atoms with Gasteiger partial charge in [-0.25, -0.2) is 17.6 Å². The van der Waals surface area contributed by atoms with Gasteiger partial charge >= 0.3 is 5.97 Å². The Morgan fingerprint density at radius 2 is 2.08 bits per heavy atom. The van der Waals surface area contributed by atoms with Crippen molar-refractivity contribution in [3.63, 3.8) is 0 Å². The molecule has 0 aromatic heterocycles. The number of halogens is 2. The largest absolute Gasteiger partial charge is 0.481 e. The molecule has 0 radical (unpaired) electrons. The second-order valence-electron chi connectivity index (χ2n) is 5.59. The molecule has 1 aromatic rings. The lowest BCUT2D eigenvalue weighted by Crippen LogP contribution is -2.40. The standard InChI is InChI=1S/C15H17BrFNO6S/c1-18(11-4-5-25(21,22)9-11)14(19)7-24-15(20)8-23-13-3-2-10(17)6-12(13)16/h2-3,6,11H,4-5,7-9H2,1H3. The Labute approximate surface area is 153 Å². The van der Waals surface area contributed by atoms with Gasteiger partial charge < -0.3 is 14.4 Å². The summed E-state index contributed by atoms with van der Waals surface area (Å²) >= 11 is 3.10. The number of rotatable bonds is 6. The molecule has 1 saturated heterocycles. The van der Waals surface area contributed by atoms with Gasteiger partial charge in [-0.05, 0) is 40.5 Å². The van der Waals surface area contributed by atoms with Gasteiger partial charge in [0, 0.05) is 13.1 Å². The Hall–Kier alpha value is -1.68. The Kier molecular flexibility index (Phi) is 6.39. The van der Waals surface area contributed by atoms with Crippen LogP contribution < -0.4 is 4.74 Å². The molecule has 1 aliphatic heterocycles. The molecule has 25 heavy (non-hydrogen) atoms. The van der Waals surface area contributed by atoms with Gasteiger partial charge in [-0.15, -0.1) is 0 Å². The van der Waals surface area contributed by atoms with E-state index in [1.165, 1.54) is 30.1 Å². The Morgan fingerprint density at radius 1 is 1.36 bits per heavy atom. The summed E-state index contributed by atoms with van der Waals surface area (Å²) < 4.78 is 46.2. The number of carbonyl (C=O) groups excluding carboxylic acids is 2. The minimum atomic E-state index is -3.10. The van der Waals surface area contributed by atoms with Crippen molar-refractivity contribution in [2.75, 3.05) is 31.8 Å². The molecule has 0 saturated carbocycles. The van der Waals surface area contributed by atoms with Crippen LogP contribution >= 0.6 is 15.9 Å². The van der Waals surface area contributed by atoms with Gasteiger partial charge in [0.15, 0.2) is 23.1 Å². The number of benzene rings is 1. The molecule has 0 N–H and O–H groups in total. The highest BCUT2D eigenvalue weighted by atomic mass is 79.9. The molecule has 0 spiro atoms. The van der Waals surface area contributed by atoms with Crippen LogP contribution in [-0.2, 0) is 24.2 Å². The summed E-state index contributed by atoms with van der Waals surface area (Å²) in [4.78, 5) is 24.9. The third-order valence-corrected chi connectivity index (χ3v) is 6.12. The summed E-state index contributed by atoms with van der Waals surface area (Å²) in [5.74, 6) is -1.47. The smallest absolute Gasteiger partial charge is 0.344 e. The molecule has 1 aliphatic rings. The second-order valence-corrected chi connectivity index (χ2v) is 8.67. The van der Waals surface area contributed by atoms with Gasteiger partial charge in [0.2, 0.25) is 0 Å². The van der Waals surface area contributed by atoms with Crippen LogP contribution in [0.3, 0.4) is 0 Å². The number of ether oxygens (including phenoxy) is 2. The van der Waals surface area contributed by atoms with Crippen LogP contribution in [-0.4, -0.2) is 63.0 Å². The van der Waals surface area contributed by atoms with Crippen LogP contribution in [0, 0.1) is 5.82 Å². The predicted molar refractivity (Wildman–Crippen MR) is 90.4 cm³/mol. The Morgan fingerprint density at radius 3 is 2.68 bits per heavy atom. The van der Waals surface area contributed by atoms with Crippen molar-refractivity contribution in [3.05, 3.63) is 28.5 Å². The fourth-order valence-electron chi connectivity index (χ4n) is 2.30. The molecule has 0 bridgehead atoms. The van der Waals surface area contributed by atoms with Crippen LogP contribution in [0.15, 0.2) is 22.7 Å². The Balaban J connectivity index is 1.76. The van der Waals surface area contributed by atoms with E-state index >= 15 is 0 Å². The second kappa shape index (κ2) is 8.13. The quantitative estimate of drug-likeness (QED) is 0.620. The molecule has 1 amide bonds. The predicted octanol–water partition coefficient (Wildman–Crippen LogP) is 1.16. The van der Waals surface area contributed by atoms with Gasteiger partial charge in [0.1, 0.15) is 11.6 Å². The lowest BCUT2D eigenvalue weighted by molar-refractivity contribution is -0.153. The van der Waals surface area contributed by atoms with Crippen molar-refractivity contribution in [1.29, 1.82) is 0 Å². The maximum absolute atomic E-state index is 13.0. The zero-order valence-electron chi connectivity index (χ0n) is 13.4. The van der Waals surface area contributed by atoms with Crippen molar-refractivity contribution in [3.8, 4) is 5.75 Å². The van der Waals surface area contributed by atoms with E-state index in [1.54, 1.807) is 0 Å². The molecule has 1 unspecified atom stereocenters. The van der Waals surface area contributed by atoms with Gasteiger partial charge in [0.05, 0.1) is 16.0 Å². The monoisotopic (exact) mass is 437 g/mol. The van der Waals surface area contributed by atoms with Crippen LogP contribution in [0.25, 0.3) is 0 Å².